The van der Waals surface area contributed by atoms with Gasteiger partial charge in [-0.1, -0.05) is 29.8 Å². The first-order chi connectivity index (χ1) is 14.6. The van der Waals surface area contributed by atoms with Gasteiger partial charge in [0.15, 0.2) is 34.0 Å². The zero-order valence-corrected chi connectivity index (χ0v) is 18.5. The Morgan fingerprint density at radius 3 is 2.70 bits per heavy atom. The molecule has 3 heterocycles. The van der Waals surface area contributed by atoms with E-state index in [4.69, 9.17) is 20.2 Å². The molecule has 30 heavy (non-hydrogen) atoms. The van der Waals surface area contributed by atoms with Crippen molar-refractivity contribution in [2.24, 2.45) is 0 Å². The maximum absolute atomic E-state index is 6.08. The summed E-state index contributed by atoms with van der Waals surface area (Å²) in [4.78, 5) is 14.6. The Morgan fingerprint density at radius 2 is 1.90 bits per heavy atom. The largest absolute Gasteiger partial charge is 0.454 e. The van der Waals surface area contributed by atoms with Crippen LogP contribution in [0.25, 0.3) is 11.5 Å². The SMILES string of the molecule is Cc1ccc(CCn2cnc(N)c3nc(Sc4cc5c(cc4Br)OCO5)nc2-3)cc1. The van der Waals surface area contributed by atoms with Crippen molar-refractivity contribution in [3.05, 3.63) is 58.3 Å². The van der Waals surface area contributed by atoms with E-state index in [0.717, 1.165) is 33.9 Å². The highest BCUT2D eigenvalue weighted by Crippen LogP contribution is 2.43. The lowest BCUT2D eigenvalue weighted by Gasteiger charge is -2.11. The number of aromatic nitrogens is 4. The summed E-state index contributed by atoms with van der Waals surface area (Å²) >= 11 is 5.02. The van der Waals surface area contributed by atoms with Crippen LogP contribution in [0.3, 0.4) is 0 Å². The predicted molar refractivity (Wildman–Crippen MR) is 118 cm³/mol. The average Bonchev–Trinajstić information content (AvgIpc) is 3.36. The lowest BCUT2D eigenvalue weighted by Crippen LogP contribution is -2.09. The van der Waals surface area contributed by atoms with Crippen LogP contribution in [0.2, 0.25) is 0 Å². The molecule has 3 aliphatic rings. The number of ether oxygens (including phenoxy) is 2. The van der Waals surface area contributed by atoms with E-state index in [-0.39, 0.29) is 6.79 Å². The molecule has 0 radical (unpaired) electrons. The Bertz CT molecular complexity index is 1190. The zero-order chi connectivity index (χ0) is 20.7. The topological polar surface area (TPSA) is 88.1 Å². The van der Waals surface area contributed by atoms with Crippen molar-refractivity contribution in [2.75, 3.05) is 12.5 Å². The maximum Gasteiger partial charge on any atom is 0.231 e. The summed E-state index contributed by atoms with van der Waals surface area (Å²) in [6.07, 6.45) is 2.60. The quantitative estimate of drug-likeness (QED) is 0.445. The first-order valence-corrected chi connectivity index (χ1v) is 11.0. The molecule has 0 saturated heterocycles. The summed E-state index contributed by atoms with van der Waals surface area (Å²) in [6, 6.07) is 12.4. The molecule has 0 aliphatic carbocycles. The molecule has 0 bridgehead atoms. The van der Waals surface area contributed by atoms with Crippen LogP contribution in [-0.4, -0.2) is 26.3 Å². The van der Waals surface area contributed by atoms with Crippen LogP contribution in [0.15, 0.2) is 57.3 Å². The van der Waals surface area contributed by atoms with Crippen molar-refractivity contribution >= 4 is 33.5 Å². The van der Waals surface area contributed by atoms with E-state index in [1.807, 2.05) is 16.7 Å². The Hall–Kier alpha value is -2.78. The van der Waals surface area contributed by atoms with Gasteiger partial charge in [0.2, 0.25) is 6.79 Å². The number of rotatable bonds is 5. The van der Waals surface area contributed by atoms with Gasteiger partial charge in [-0.15, -0.1) is 0 Å². The molecule has 0 spiro atoms. The van der Waals surface area contributed by atoms with Gasteiger partial charge in [-0.25, -0.2) is 15.0 Å². The smallest absolute Gasteiger partial charge is 0.231 e. The number of hydrogen-bond donors (Lipinski definition) is 1. The highest BCUT2D eigenvalue weighted by molar-refractivity contribution is 9.10. The Morgan fingerprint density at radius 1 is 1.13 bits per heavy atom. The molecule has 2 aromatic carbocycles. The van der Waals surface area contributed by atoms with Crippen LogP contribution >= 0.6 is 27.7 Å². The standard InChI is InChI=1S/C21H18BrN5O2S/c1-12-2-4-13(5-3-12)6-7-27-10-24-19(23)18-20(27)26-21(25-18)30-17-9-16-15(8-14(17)22)28-11-29-16/h2-5,8-10H,6-7,11,23H2,1H3. The molecule has 0 unspecified atom stereocenters. The number of nitrogen functional groups attached to an aromatic ring is 1. The van der Waals surface area contributed by atoms with E-state index in [0.29, 0.717) is 22.4 Å². The second kappa shape index (κ2) is 7.81. The van der Waals surface area contributed by atoms with Crippen molar-refractivity contribution in [3.8, 4) is 23.0 Å². The lowest BCUT2D eigenvalue weighted by atomic mass is 10.1. The third kappa shape index (κ3) is 3.70. The summed E-state index contributed by atoms with van der Waals surface area (Å²) in [5.41, 5.74) is 9.20. The average molecular weight is 484 g/mol. The van der Waals surface area contributed by atoms with E-state index >= 15 is 0 Å². The first kappa shape index (κ1) is 19.2. The fourth-order valence-corrected chi connectivity index (χ4v) is 4.58. The summed E-state index contributed by atoms with van der Waals surface area (Å²) in [5.74, 6) is 2.54. The number of nitrogens with zero attached hydrogens (tertiary/aromatic N) is 4. The number of imidazole rings is 1. The van der Waals surface area contributed by atoms with Gasteiger partial charge in [-0.05, 0) is 58.7 Å². The van der Waals surface area contributed by atoms with Crippen LogP contribution in [0.5, 0.6) is 11.5 Å². The van der Waals surface area contributed by atoms with Gasteiger partial charge in [0, 0.05) is 15.9 Å². The fraction of sp³-hybridized carbons (Fsp3) is 0.190. The number of halogens is 1. The van der Waals surface area contributed by atoms with Gasteiger partial charge in [0.1, 0.15) is 0 Å². The number of hydrogen-bond acceptors (Lipinski definition) is 7. The molecule has 2 N–H and O–H groups in total. The summed E-state index contributed by atoms with van der Waals surface area (Å²) in [7, 11) is 0. The lowest BCUT2D eigenvalue weighted by molar-refractivity contribution is 0.174. The van der Waals surface area contributed by atoms with Gasteiger partial charge in [0.25, 0.3) is 0 Å². The second-order valence-electron chi connectivity index (χ2n) is 6.98. The molecule has 0 fully saturated rings. The summed E-state index contributed by atoms with van der Waals surface area (Å²) in [5, 5.41) is 0.605. The fourth-order valence-electron chi connectivity index (χ4n) is 3.22. The van der Waals surface area contributed by atoms with E-state index < -0.39 is 0 Å². The molecule has 0 atom stereocenters. The molecule has 7 nitrogen and oxygen atoms in total. The highest BCUT2D eigenvalue weighted by atomic mass is 79.9. The molecule has 3 aliphatic heterocycles. The maximum atomic E-state index is 6.08. The number of fused-ring (bicyclic) bond motifs is 2. The molecule has 9 heteroatoms. The highest BCUT2D eigenvalue weighted by Gasteiger charge is 2.22. The van der Waals surface area contributed by atoms with Gasteiger partial charge in [-0.3, -0.25) is 0 Å². The Balaban J connectivity index is 1.42. The molecular weight excluding hydrogens is 466 g/mol. The van der Waals surface area contributed by atoms with Crippen molar-refractivity contribution in [1.29, 1.82) is 0 Å². The normalized spacial score (nSPS) is 12.6. The van der Waals surface area contributed by atoms with E-state index in [2.05, 4.69) is 57.1 Å². The van der Waals surface area contributed by atoms with Gasteiger partial charge < -0.3 is 19.8 Å². The number of nitrogens with two attached hydrogens (primary N) is 1. The number of benzene rings is 2. The molecular formula is C21H18BrN5O2S. The minimum atomic E-state index is 0.232. The molecule has 152 valence electrons. The van der Waals surface area contributed by atoms with Crippen molar-refractivity contribution in [3.63, 3.8) is 0 Å². The van der Waals surface area contributed by atoms with Crippen molar-refractivity contribution in [1.82, 2.24) is 19.5 Å². The molecule has 5 rings (SSSR count). The number of anilines is 1. The molecule has 0 aromatic heterocycles. The third-order valence-corrected chi connectivity index (χ3v) is 6.70. The van der Waals surface area contributed by atoms with E-state index in [1.54, 1.807) is 6.33 Å². The first-order valence-electron chi connectivity index (χ1n) is 9.38. The summed E-state index contributed by atoms with van der Waals surface area (Å²) < 4.78 is 13.8. The minimum absolute atomic E-state index is 0.232. The third-order valence-electron chi connectivity index (χ3n) is 4.86. The Kier molecular flexibility index (Phi) is 5.00. The van der Waals surface area contributed by atoms with Crippen molar-refractivity contribution in [2.45, 2.75) is 29.9 Å². The van der Waals surface area contributed by atoms with Crippen molar-refractivity contribution < 1.29 is 9.47 Å². The van der Waals surface area contributed by atoms with E-state index in [1.165, 1.54) is 22.9 Å². The molecule has 2 aromatic rings. The van der Waals surface area contributed by atoms with Gasteiger partial charge >= 0.3 is 0 Å². The number of aryl methyl sites for hydroxylation is 3. The molecule has 0 saturated carbocycles. The van der Waals surface area contributed by atoms with Crippen LogP contribution in [-0.2, 0) is 13.0 Å². The van der Waals surface area contributed by atoms with Crippen LogP contribution in [0, 0.1) is 6.92 Å². The van der Waals surface area contributed by atoms with Gasteiger partial charge in [0.05, 0.1) is 6.33 Å². The minimum Gasteiger partial charge on any atom is -0.454 e. The van der Waals surface area contributed by atoms with Gasteiger partial charge in [-0.2, -0.15) is 0 Å². The van der Waals surface area contributed by atoms with Crippen LogP contribution in [0.1, 0.15) is 11.1 Å². The second-order valence-corrected chi connectivity index (χ2v) is 8.84. The monoisotopic (exact) mass is 483 g/mol. The molecule has 0 amide bonds. The van der Waals surface area contributed by atoms with Crippen LogP contribution < -0.4 is 15.2 Å². The summed E-state index contributed by atoms with van der Waals surface area (Å²) in [6.45, 7) is 3.06. The van der Waals surface area contributed by atoms with E-state index in [9.17, 15) is 0 Å². The van der Waals surface area contributed by atoms with Crippen LogP contribution in [0.4, 0.5) is 5.82 Å². The Labute approximate surface area is 186 Å². The predicted octanol–water partition coefficient (Wildman–Crippen LogP) is 4.55. The zero-order valence-electron chi connectivity index (χ0n) is 16.1.